The number of nitrogens with zero attached hydrogens (tertiary/aromatic N) is 4. The van der Waals surface area contributed by atoms with Gasteiger partial charge in [0.1, 0.15) is 0 Å². The summed E-state index contributed by atoms with van der Waals surface area (Å²) in [5.41, 5.74) is 4.78. The van der Waals surface area contributed by atoms with Crippen molar-refractivity contribution in [2.24, 2.45) is 0 Å². The summed E-state index contributed by atoms with van der Waals surface area (Å²) in [6.07, 6.45) is 7.37. The molecule has 2 aromatic heterocycles. The first-order chi connectivity index (χ1) is 13.5. The summed E-state index contributed by atoms with van der Waals surface area (Å²) in [7, 11) is -4.22. The van der Waals surface area contributed by atoms with E-state index in [1.165, 1.54) is 10.9 Å². The molecular formula is C18H20N5NaO4S. The molecule has 0 saturated carbocycles. The standard InChI is InChI=1S/C18H21N5O4S.Na/c24-18(22-28(25,26)15-10-19-23-8-3-9-27-17(15)23)21-16-11-4-1-6-13(11)20-14-7-2-5-12(14)16;/h10H,1-9H2,(H2,20,21,22,24);/q;+1/p-1. The maximum absolute atomic E-state index is 12.7. The second-order valence-electron chi connectivity index (χ2n) is 7.28. The molecule has 2 aromatic rings. The third-order valence-corrected chi connectivity index (χ3v) is 6.72. The molecule has 0 bridgehead atoms. The molecule has 2 aliphatic carbocycles. The van der Waals surface area contributed by atoms with Crippen LogP contribution in [0.3, 0.4) is 0 Å². The van der Waals surface area contributed by atoms with Crippen molar-refractivity contribution in [1.82, 2.24) is 14.8 Å². The topological polar surface area (TPSA) is 117 Å². The van der Waals surface area contributed by atoms with Crippen LogP contribution in [0.15, 0.2) is 11.1 Å². The van der Waals surface area contributed by atoms with E-state index in [0.717, 1.165) is 67.5 Å². The fourth-order valence-electron chi connectivity index (χ4n) is 4.25. The number of carbonyl (C=O) groups is 1. The first-order valence-electron chi connectivity index (χ1n) is 9.54. The van der Waals surface area contributed by atoms with Crippen molar-refractivity contribution in [3.63, 3.8) is 0 Å². The summed E-state index contributed by atoms with van der Waals surface area (Å²) in [6.45, 7) is 0.988. The van der Waals surface area contributed by atoms with Crippen LogP contribution in [0, 0.1) is 0 Å². The summed E-state index contributed by atoms with van der Waals surface area (Å²) in [4.78, 5) is 17.1. The van der Waals surface area contributed by atoms with Gasteiger partial charge in [-0.15, -0.1) is 0 Å². The maximum Gasteiger partial charge on any atom is 1.00 e. The van der Waals surface area contributed by atoms with Crippen molar-refractivity contribution in [1.29, 1.82) is 0 Å². The summed E-state index contributed by atoms with van der Waals surface area (Å²) in [5.74, 6) is 0.147. The van der Waals surface area contributed by atoms with Gasteiger partial charge in [-0.05, 0) is 55.3 Å². The first-order valence-corrected chi connectivity index (χ1v) is 11.0. The monoisotopic (exact) mass is 425 g/mol. The molecule has 5 rings (SSSR count). The number of aryl methyl sites for hydroxylation is 3. The third kappa shape index (κ3) is 3.67. The molecule has 29 heavy (non-hydrogen) atoms. The Morgan fingerprint density at radius 1 is 1.10 bits per heavy atom. The Hall–Kier alpha value is -1.62. The van der Waals surface area contributed by atoms with E-state index < -0.39 is 16.1 Å². The average molecular weight is 425 g/mol. The summed E-state index contributed by atoms with van der Waals surface area (Å²) in [5, 5.41) is 6.77. The minimum absolute atomic E-state index is 0. The van der Waals surface area contributed by atoms with Crippen LogP contribution < -0.4 is 39.6 Å². The number of fused-ring (bicyclic) bond motifs is 3. The molecular weight excluding hydrogens is 405 g/mol. The van der Waals surface area contributed by atoms with Gasteiger partial charge in [0, 0.05) is 24.4 Å². The zero-order valence-electron chi connectivity index (χ0n) is 16.3. The molecule has 0 spiro atoms. The number of rotatable bonds is 3. The van der Waals surface area contributed by atoms with Crippen LogP contribution in [-0.2, 0) is 42.3 Å². The van der Waals surface area contributed by atoms with Gasteiger partial charge in [-0.2, -0.15) is 5.10 Å². The number of pyridine rings is 1. The van der Waals surface area contributed by atoms with Gasteiger partial charge in [-0.3, -0.25) is 9.78 Å². The van der Waals surface area contributed by atoms with Crippen LogP contribution in [0.1, 0.15) is 41.8 Å². The molecule has 1 N–H and O–H groups in total. The Morgan fingerprint density at radius 3 is 2.48 bits per heavy atom. The molecule has 9 nitrogen and oxygen atoms in total. The molecule has 0 saturated heterocycles. The van der Waals surface area contributed by atoms with Crippen molar-refractivity contribution in [3.8, 4) is 5.88 Å². The van der Waals surface area contributed by atoms with E-state index in [9.17, 15) is 13.2 Å². The Balaban J connectivity index is 0.00000205. The third-order valence-electron chi connectivity index (χ3n) is 5.48. The van der Waals surface area contributed by atoms with Crippen LogP contribution in [0.5, 0.6) is 5.88 Å². The largest absolute Gasteiger partial charge is 1.00 e. The van der Waals surface area contributed by atoms with Crippen molar-refractivity contribution in [2.75, 3.05) is 11.9 Å². The van der Waals surface area contributed by atoms with E-state index in [0.29, 0.717) is 18.8 Å². The number of aromatic nitrogens is 3. The second-order valence-corrected chi connectivity index (χ2v) is 8.85. The molecule has 3 aliphatic rings. The molecule has 2 amide bonds. The Morgan fingerprint density at radius 2 is 1.79 bits per heavy atom. The van der Waals surface area contributed by atoms with Gasteiger partial charge in [-0.1, -0.05) is 0 Å². The molecule has 1 aliphatic heterocycles. The molecule has 0 fully saturated rings. The quantitative estimate of drug-likeness (QED) is 0.653. The van der Waals surface area contributed by atoms with E-state index in [-0.39, 0.29) is 40.3 Å². The predicted molar refractivity (Wildman–Crippen MR) is 100 cm³/mol. The predicted octanol–water partition coefficient (Wildman–Crippen LogP) is -0.663. The fraction of sp³-hybridized carbons (Fsp3) is 0.500. The van der Waals surface area contributed by atoms with Crippen LogP contribution in [-0.4, -0.2) is 35.8 Å². The Bertz CT molecular complexity index is 1050. The SMILES string of the molecule is O=C([N-]S(=O)(=O)c1cnn2c1OCCC2)Nc1c2c(nc3c1CCC3)CCC2.[Na+]. The number of hydrogen-bond acceptors (Lipinski definition) is 6. The first kappa shape index (κ1) is 20.6. The normalized spacial score (nSPS) is 16.8. The zero-order valence-corrected chi connectivity index (χ0v) is 19.1. The number of nitrogens with one attached hydrogen (secondary N) is 1. The summed E-state index contributed by atoms with van der Waals surface area (Å²) >= 11 is 0. The average Bonchev–Trinajstić information content (AvgIpc) is 3.39. The molecule has 0 atom stereocenters. The maximum atomic E-state index is 12.7. The molecule has 0 radical (unpaired) electrons. The van der Waals surface area contributed by atoms with Crippen LogP contribution in [0.4, 0.5) is 10.5 Å². The van der Waals surface area contributed by atoms with Gasteiger partial charge in [0.05, 0.1) is 12.8 Å². The van der Waals surface area contributed by atoms with E-state index in [4.69, 9.17) is 9.72 Å². The minimum atomic E-state index is -4.22. The number of sulfonamides is 1. The van der Waals surface area contributed by atoms with E-state index >= 15 is 0 Å². The van der Waals surface area contributed by atoms with Gasteiger partial charge in [0.25, 0.3) is 0 Å². The summed E-state index contributed by atoms with van der Waals surface area (Å²) < 4.78 is 35.7. The van der Waals surface area contributed by atoms with Crippen LogP contribution in [0.2, 0.25) is 0 Å². The van der Waals surface area contributed by atoms with Crippen molar-refractivity contribution >= 4 is 21.7 Å². The van der Waals surface area contributed by atoms with Gasteiger partial charge in [-0.25, -0.2) is 13.1 Å². The number of anilines is 1. The van der Waals surface area contributed by atoms with Gasteiger partial charge < -0.3 is 14.8 Å². The van der Waals surface area contributed by atoms with Crippen molar-refractivity contribution in [3.05, 3.63) is 33.4 Å². The molecule has 11 heteroatoms. The van der Waals surface area contributed by atoms with E-state index in [2.05, 4.69) is 15.1 Å². The van der Waals surface area contributed by atoms with Crippen LogP contribution in [0.25, 0.3) is 4.72 Å². The number of ether oxygens (including phenoxy) is 1. The Labute approximate surface area is 190 Å². The van der Waals surface area contributed by atoms with E-state index in [1.54, 1.807) is 0 Å². The van der Waals surface area contributed by atoms with E-state index in [1.807, 2.05) is 0 Å². The molecule has 3 heterocycles. The zero-order chi connectivity index (χ0) is 19.3. The van der Waals surface area contributed by atoms with Gasteiger partial charge in [0.2, 0.25) is 15.9 Å². The fourth-order valence-corrected chi connectivity index (χ4v) is 5.17. The number of urea groups is 1. The van der Waals surface area contributed by atoms with Crippen LogP contribution >= 0.6 is 0 Å². The van der Waals surface area contributed by atoms with Gasteiger partial charge >= 0.3 is 29.6 Å². The van der Waals surface area contributed by atoms with Crippen molar-refractivity contribution in [2.45, 2.75) is 56.4 Å². The van der Waals surface area contributed by atoms with Gasteiger partial charge in [0.15, 0.2) is 10.9 Å². The number of amides is 2. The molecule has 148 valence electrons. The second kappa shape index (κ2) is 7.90. The smallest absolute Gasteiger partial charge is 0.477 e. The Kier molecular flexibility index (Phi) is 5.62. The van der Waals surface area contributed by atoms with Crippen molar-refractivity contribution < 1.29 is 47.5 Å². The summed E-state index contributed by atoms with van der Waals surface area (Å²) in [6, 6.07) is -0.898. The molecule has 0 aromatic carbocycles. The number of carbonyl (C=O) groups excluding carboxylic acids is 1. The number of hydrogen-bond donors (Lipinski definition) is 1. The molecule has 0 unspecified atom stereocenters. The minimum Gasteiger partial charge on any atom is -0.477 e.